The molecule has 0 fully saturated rings. The van der Waals surface area contributed by atoms with Gasteiger partial charge in [0.25, 0.3) is 5.91 Å². The molecule has 216 valence electrons. The van der Waals surface area contributed by atoms with Gasteiger partial charge in [-0.05, 0) is 92.7 Å². The van der Waals surface area contributed by atoms with Gasteiger partial charge in [0.1, 0.15) is 6.07 Å². The average Bonchev–Trinajstić information content (AvgIpc) is 2.95. The molecule has 1 aromatic heterocycles. The van der Waals surface area contributed by atoms with Crippen LogP contribution in [-0.2, 0) is 26.0 Å². The number of hydrogen-bond donors (Lipinski definition) is 1. The number of ether oxygens (including phenoxy) is 1. The second-order valence-corrected chi connectivity index (χ2v) is 12.6. The maximum Gasteiger partial charge on any atom is 0.252 e. The van der Waals surface area contributed by atoms with Crippen LogP contribution in [0.25, 0.3) is 33.7 Å². The van der Waals surface area contributed by atoms with Crippen molar-refractivity contribution in [2.24, 2.45) is 0 Å². The summed E-state index contributed by atoms with van der Waals surface area (Å²) in [7, 11) is 0.211. The summed E-state index contributed by atoms with van der Waals surface area (Å²) >= 11 is 0. The molecule has 0 aliphatic heterocycles. The van der Waals surface area contributed by atoms with Crippen LogP contribution in [0.15, 0.2) is 83.9 Å². The zero-order valence-corrected chi connectivity index (χ0v) is 25.1. The number of sulfone groups is 1. The summed E-state index contributed by atoms with van der Waals surface area (Å²) in [6.07, 6.45) is 4.03. The van der Waals surface area contributed by atoms with E-state index in [1.807, 2.05) is 62.4 Å². The van der Waals surface area contributed by atoms with E-state index in [2.05, 4.69) is 16.4 Å². The van der Waals surface area contributed by atoms with Crippen molar-refractivity contribution < 1.29 is 17.9 Å². The van der Waals surface area contributed by atoms with E-state index in [0.717, 1.165) is 39.4 Å². The number of nitrogens with one attached hydrogen (secondary N) is 1. The topological polar surface area (TPSA) is 112 Å². The maximum atomic E-state index is 13.3. The number of nitriles is 1. The Balaban J connectivity index is 1.78. The Morgan fingerprint density at radius 1 is 1.07 bits per heavy atom. The summed E-state index contributed by atoms with van der Waals surface area (Å²) in [5.74, 6) is -0.262. The molecule has 1 heterocycles. The molecular weight excluding hydrogens is 548 g/mol. The van der Waals surface area contributed by atoms with Gasteiger partial charge in [-0.25, -0.2) is 8.42 Å². The highest BCUT2D eigenvalue weighted by Crippen LogP contribution is 2.31. The predicted molar refractivity (Wildman–Crippen MR) is 166 cm³/mol. The molecule has 0 bridgehead atoms. The second-order valence-electron chi connectivity index (χ2n) is 10.6. The minimum Gasteiger partial charge on any atom is -0.350 e. The van der Waals surface area contributed by atoms with Crippen molar-refractivity contribution >= 4 is 38.3 Å². The molecule has 3 aromatic carbocycles. The third kappa shape index (κ3) is 7.47. The number of rotatable bonds is 10. The number of benzene rings is 3. The van der Waals surface area contributed by atoms with Gasteiger partial charge in [0, 0.05) is 35.0 Å². The van der Waals surface area contributed by atoms with E-state index in [1.165, 1.54) is 12.1 Å². The largest absolute Gasteiger partial charge is 0.350 e. The lowest BCUT2D eigenvalue weighted by molar-refractivity contribution is -0.116. The molecule has 8 nitrogen and oxygen atoms in total. The first-order valence-corrected chi connectivity index (χ1v) is 15.3. The monoisotopic (exact) mass is 582 g/mol. The summed E-state index contributed by atoms with van der Waals surface area (Å²) in [5, 5.41) is 13.3. The number of carbonyl (C=O) groups excluding carboxylic acids is 1. The van der Waals surface area contributed by atoms with Gasteiger partial charge in [-0.2, -0.15) is 5.26 Å². The van der Waals surface area contributed by atoms with E-state index in [0.29, 0.717) is 11.1 Å². The second kappa shape index (κ2) is 13.1. The van der Waals surface area contributed by atoms with E-state index in [1.54, 1.807) is 43.4 Å². The number of nitrogens with zero attached hydrogens (tertiary/aromatic N) is 3. The van der Waals surface area contributed by atoms with E-state index < -0.39 is 16.1 Å². The van der Waals surface area contributed by atoms with Gasteiger partial charge in [-0.3, -0.25) is 14.7 Å². The fourth-order valence-electron chi connectivity index (χ4n) is 4.50. The molecule has 0 aliphatic carbocycles. The van der Waals surface area contributed by atoms with E-state index in [9.17, 15) is 18.5 Å². The van der Waals surface area contributed by atoms with E-state index in [-0.39, 0.29) is 23.5 Å². The van der Waals surface area contributed by atoms with Crippen molar-refractivity contribution in [3.8, 4) is 17.2 Å². The number of pyridine rings is 1. The first kappa shape index (κ1) is 30.6. The number of hydrogen-bond acceptors (Lipinski definition) is 7. The molecule has 1 atom stereocenters. The minimum atomic E-state index is -3.37. The summed E-state index contributed by atoms with van der Waals surface area (Å²) in [6.45, 7) is 4.01. The Bertz CT molecular complexity index is 1770. The number of fused-ring (bicyclic) bond motifs is 1. The van der Waals surface area contributed by atoms with Crippen molar-refractivity contribution in [3.63, 3.8) is 0 Å². The third-order valence-electron chi connectivity index (χ3n) is 6.52. The third-order valence-corrected chi connectivity index (χ3v) is 7.65. The molecule has 0 spiro atoms. The van der Waals surface area contributed by atoms with Crippen LogP contribution in [0.2, 0.25) is 0 Å². The SMILES string of the molecule is CC(C)NC(=O)/C(=C\c1cccc(-c2cc(COC(C#N)N(C)C)cc3cccnc23)c1)c1ccc(S(C)(=O)=O)cc1. The summed E-state index contributed by atoms with van der Waals surface area (Å²) in [5.41, 5.74) is 5.32. The molecule has 0 saturated heterocycles. The molecule has 42 heavy (non-hydrogen) atoms. The quantitative estimate of drug-likeness (QED) is 0.153. The predicted octanol–water partition coefficient (Wildman–Crippen LogP) is 5.30. The van der Waals surface area contributed by atoms with Gasteiger partial charge in [0.05, 0.1) is 17.0 Å². The van der Waals surface area contributed by atoms with Crippen molar-refractivity contribution in [1.29, 1.82) is 5.26 Å². The van der Waals surface area contributed by atoms with Crippen LogP contribution < -0.4 is 5.32 Å². The van der Waals surface area contributed by atoms with Gasteiger partial charge in [0.15, 0.2) is 16.1 Å². The van der Waals surface area contributed by atoms with Gasteiger partial charge in [-0.15, -0.1) is 0 Å². The lowest BCUT2D eigenvalue weighted by atomic mass is 9.96. The first-order valence-electron chi connectivity index (χ1n) is 13.4. The number of carbonyl (C=O) groups is 1. The Labute approximate surface area is 247 Å². The fraction of sp³-hybridized carbons (Fsp3) is 0.242. The van der Waals surface area contributed by atoms with Crippen LogP contribution >= 0.6 is 0 Å². The van der Waals surface area contributed by atoms with Crippen molar-refractivity contribution in [2.75, 3.05) is 20.4 Å². The molecule has 4 rings (SSSR count). The van der Waals surface area contributed by atoms with Crippen molar-refractivity contribution in [3.05, 3.63) is 95.7 Å². The molecule has 1 amide bonds. The normalized spacial score (nSPS) is 12.9. The number of aromatic nitrogens is 1. The smallest absolute Gasteiger partial charge is 0.252 e. The Kier molecular flexibility index (Phi) is 9.53. The lowest BCUT2D eigenvalue weighted by Crippen LogP contribution is -2.30. The number of amides is 1. The summed E-state index contributed by atoms with van der Waals surface area (Å²) in [6, 6.07) is 24.1. The van der Waals surface area contributed by atoms with Crippen LogP contribution in [0, 0.1) is 11.3 Å². The zero-order valence-electron chi connectivity index (χ0n) is 24.3. The van der Waals surface area contributed by atoms with Gasteiger partial charge >= 0.3 is 0 Å². The lowest BCUT2D eigenvalue weighted by Gasteiger charge is -2.18. The van der Waals surface area contributed by atoms with Crippen LogP contribution in [0.1, 0.15) is 30.5 Å². The highest BCUT2D eigenvalue weighted by Gasteiger charge is 2.16. The highest BCUT2D eigenvalue weighted by atomic mass is 32.2. The standard InChI is InChI=1S/C33H34N4O4S/c1-22(2)36-33(38)30(25-11-13-28(14-12-25)42(5,39)40)18-23-8-6-9-26(16-23)29-19-24(21-41-31(20-34)37(3)4)17-27-10-7-15-35-32(27)29/h6-19,22,31H,21H2,1-5H3,(H,36,38)/b30-18-. The molecule has 0 saturated carbocycles. The maximum absolute atomic E-state index is 13.3. The van der Waals surface area contributed by atoms with Crippen LogP contribution in [0.5, 0.6) is 0 Å². The molecule has 1 N–H and O–H groups in total. The van der Waals surface area contributed by atoms with E-state index >= 15 is 0 Å². The zero-order chi connectivity index (χ0) is 30.4. The average molecular weight is 583 g/mol. The van der Waals surface area contributed by atoms with Gasteiger partial charge < -0.3 is 10.1 Å². The van der Waals surface area contributed by atoms with Gasteiger partial charge in [-0.1, -0.05) is 36.4 Å². The Morgan fingerprint density at radius 3 is 2.45 bits per heavy atom. The van der Waals surface area contributed by atoms with Crippen molar-refractivity contribution in [2.45, 2.75) is 37.6 Å². The van der Waals surface area contributed by atoms with Crippen LogP contribution in [0.3, 0.4) is 0 Å². The van der Waals surface area contributed by atoms with Crippen LogP contribution in [0.4, 0.5) is 0 Å². The molecule has 1 unspecified atom stereocenters. The van der Waals surface area contributed by atoms with E-state index in [4.69, 9.17) is 4.74 Å². The Hall–Kier alpha value is -4.36. The summed E-state index contributed by atoms with van der Waals surface area (Å²) < 4.78 is 29.8. The fourth-order valence-corrected chi connectivity index (χ4v) is 5.13. The minimum absolute atomic E-state index is 0.0851. The molecule has 0 radical (unpaired) electrons. The first-order chi connectivity index (χ1) is 20.0. The van der Waals surface area contributed by atoms with Crippen molar-refractivity contribution in [1.82, 2.24) is 15.2 Å². The highest BCUT2D eigenvalue weighted by molar-refractivity contribution is 7.90. The molecular formula is C33H34N4O4S. The molecule has 4 aromatic rings. The van der Waals surface area contributed by atoms with Crippen LogP contribution in [-0.4, -0.2) is 56.8 Å². The summed E-state index contributed by atoms with van der Waals surface area (Å²) in [4.78, 5) is 19.8. The van der Waals surface area contributed by atoms with Gasteiger partial charge in [0.2, 0.25) is 0 Å². The molecule has 0 aliphatic rings. The Morgan fingerprint density at radius 2 is 1.81 bits per heavy atom. The molecule has 9 heteroatoms.